The van der Waals surface area contributed by atoms with E-state index < -0.39 is 12.2 Å². The second-order valence-corrected chi connectivity index (χ2v) is 7.44. The molecule has 0 bridgehead atoms. The number of aliphatic hydroxyl groups excluding tert-OH is 1. The summed E-state index contributed by atoms with van der Waals surface area (Å²) in [6.45, 7) is -0.290. The van der Waals surface area contributed by atoms with E-state index in [-0.39, 0.29) is 35.4 Å². The van der Waals surface area contributed by atoms with E-state index >= 15 is 0 Å². The normalized spacial score (nSPS) is 17.2. The zero-order valence-electron chi connectivity index (χ0n) is 18.1. The van der Waals surface area contributed by atoms with Gasteiger partial charge in [0.15, 0.2) is 46.7 Å². The molecule has 4 rings (SSSR count). The summed E-state index contributed by atoms with van der Waals surface area (Å²) in [7, 11) is 2.86. The monoisotopic (exact) mass is 452 g/mol. The first-order valence-corrected chi connectivity index (χ1v) is 10.2. The van der Waals surface area contributed by atoms with Crippen molar-refractivity contribution in [2.24, 2.45) is 0 Å². The summed E-state index contributed by atoms with van der Waals surface area (Å²) in [6, 6.07) is 13.1. The standard InChI is InChI=1S/C25H24O8/c1-30-21-11-16(12-22(31-2)24(21)29)25-23(13-26)32-19-8-6-15(10-20(19)33-25)4-3-14-5-7-17(27)18(28)9-14/h3-12,23,25-29H,13H2,1-2H3/t23-,25-/m1/s1. The highest BCUT2D eigenvalue weighted by atomic mass is 16.6. The molecule has 0 fully saturated rings. The number of ether oxygens (including phenoxy) is 4. The van der Waals surface area contributed by atoms with E-state index in [9.17, 15) is 20.4 Å². The van der Waals surface area contributed by atoms with Crippen LogP contribution in [0.1, 0.15) is 22.8 Å². The molecule has 0 amide bonds. The minimum absolute atomic E-state index is 0.130. The third kappa shape index (κ3) is 4.47. The third-order valence-corrected chi connectivity index (χ3v) is 5.32. The lowest BCUT2D eigenvalue weighted by atomic mass is 10.0. The predicted molar refractivity (Wildman–Crippen MR) is 121 cm³/mol. The van der Waals surface area contributed by atoms with Gasteiger partial charge in [-0.05, 0) is 47.5 Å². The van der Waals surface area contributed by atoms with Gasteiger partial charge in [0.1, 0.15) is 0 Å². The van der Waals surface area contributed by atoms with E-state index in [1.165, 1.54) is 26.4 Å². The van der Waals surface area contributed by atoms with E-state index in [2.05, 4.69) is 0 Å². The fourth-order valence-corrected chi connectivity index (χ4v) is 3.59. The second kappa shape index (κ2) is 9.22. The smallest absolute Gasteiger partial charge is 0.200 e. The largest absolute Gasteiger partial charge is 0.504 e. The Kier molecular flexibility index (Phi) is 6.19. The van der Waals surface area contributed by atoms with Crippen molar-refractivity contribution in [3.05, 3.63) is 65.2 Å². The van der Waals surface area contributed by atoms with E-state index in [0.717, 1.165) is 5.56 Å². The van der Waals surface area contributed by atoms with Crippen LogP contribution >= 0.6 is 0 Å². The van der Waals surface area contributed by atoms with Crippen LogP contribution in [0.5, 0.6) is 40.2 Å². The van der Waals surface area contributed by atoms with Crippen molar-refractivity contribution >= 4 is 12.2 Å². The number of phenolic OH excluding ortho intramolecular Hbond substituents is 3. The van der Waals surface area contributed by atoms with Gasteiger partial charge in [0, 0.05) is 5.56 Å². The van der Waals surface area contributed by atoms with Crippen molar-refractivity contribution in [3.8, 4) is 40.2 Å². The fraction of sp³-hybridized carbons (Fsp3) is 0.200. The number of rotatable bonds is 6. The molecular formula is C25H24O8. The molecule has 3 aromatic rings. The summed E-state index contributed by atoms with van der Waals surface area (Å²) in [6.07, 6.45) is 2.25. The first kappa shape index (κ1) is 22.2. The SMILES string of the molecule is COc1cc([C@H]2Oc3cc(C=Cc4ccc(O)c(O)c4)ccc3O[C@@H]2CO)cc(OC)c1O. The van der Waals surface area contributed by atoms with Crippen LogP contribution in [0.25, 0.3) is 12.2 Å². The maximum Gasteiger partial charge on any atom is 0.200 e. The molecule has 8 nitrogen and oxygen atoms in total. The molecule has 1 heterocycles. The Morgan fingerprint density at radius 1 is 0.788 bits per heavy atom. The zero-order valence-corrected chi connectivity index (χ0v) is 18.1. The van der Waals surface area contributed by atoms with Crippen LogP contribution in [0.15, 0.2) is 48.5 Å². The minimum Gasteiger partial charge on any atom is -0.504 e. The first-order chi connectivity index (χ1) is 15.9. The highest BCUT2D eigenvalue weighted by Crippen LogP contribution is 2.44. The molecule has 172 valence electrons. The van der Waals surface area contributed by atoms with Gasteiger partial charge in [-0.15, -0.1) is 0 Å². The van der Waals surface area contributed by atoms with Crippen LogP contribution in [0.3, 0.4) is 0 Å². The number of hydrogen-bond acceptors (Lipinski definition) is 8. The lowest BCUT2D eigenvalue weighted by Crippen LogP contribution is -2.36. The van der Waals surface area contributed by atoms with Crippen LogP contribution in [-0.4, -0.2) is 47.4 Å². The highest BCUT2D eigenvalue weighted by molar-refractivity contribution is 5.72. The molecule has 2 atom stereocenters. The quantitative estimate of drug-likeness (QED) is 0.329. The number of hydrogen-bond donors (Lipinski definition) is 4. The first-order valence-electron chi connectivity index (χ1n) is 10.2. The molecule has 33 heavy (non-hydrogen) atoms. The topological polar surface area (TPSA) is 118 Å². The van der Waals surface area contributed by atoms with Crippen molar-refractivity contribution in [3.63, 3.8) is 0 Å². The molecule has 1 aliphatic rings. The summed E-state index contributed by atoms with van der Waals surface area (Å²) in [5, 5.41) is 39.2. The molecule has 8 heteroatoms. The summed E-state index contributed by atoms with van der Waals surface area (Å²) < 4.78 is 22.6. The van der Waals surface area contributed by atoms with Crippen LogP contribution in [0.2, 0.25) is 0 Å². The van der Waals surface area contributed by atoms with Crippen LogP contribution in [-0.2, 0) is 0 Å². The Hall–Kier alpha value is -4.04. The molecule has 0 aliphatic carbocycles. The molecule has 0 saturated carbocycles. The van der Waals surface area contributed by atoms with Gasteiger partial charge in [-0.1, -0.05) is 24.3 Å². The number of fused-ring (bicyclic) bond motifs is 1. The van der Waals surface area contributed by atoms with Crippen LogP contribution in [0.4, 0.5) is 0 Å². The lowest BCUT2D eigenvalue weighted by Gasteiger charge is -2.33. The molecular weight excluding hydrogens is 428 g/mol. The highest BCUT2D eigenvalue weighted by Gasteiger charge is 2.34. The predicted octanol–water partition coefficient (Wildman–Crippen LogP) is 3.86. The molecule has 0 saturated heterocycles. The maximum atomic E-state index is 10.2. The Bertz CT molecular complexity index is 1160. The zero-order chi connectivity index (χ0) is 23.5. The molecule has 0 unspecified atom stereocenters. The Morgan fingerprint density at radius 2 is 1.42 bits per heavy atom. The van der Waals surface area contributed by atoms with Gasteiger partial charge in [0.2, 0.25) is 5.75 Å². The number of aliphatic hydroxyl groups is 1. The van der Waals surface area contributed by atoms with Gasteiger partial charge >= 0.3 is 0 Å². The van der Waals surface area contributed by atoms with Gasteiger partial charge in [-0.25, -0.2) is 0 Å². The van der Waals surface area contributed by atoms with Crippen molar-refractivity contribution in [2.45, 2.75) is 12.2 Å². The maximum absolute atomic E-state index is 10.2. The third-order valence-electron chi connectivity index (χ3n) is 5.32. The molecule has 4 N–H and O–H groups in total. The van der Waals surface area contributed by atoms with Crippen LogP contribution in [0, 0.1) is 0 Å². The summed E-state index contributed by atoms with van der Waals surface area (Å²) in [4.78, 5) is 0. The number of methoxy groups -OCH3 is 2. The van der Waals surface area contributed by atoms with Gasteiger partial charge in [-0.3, -0.25) is 0 Å². The fourth-order valence-electron chi connectivity index (χ4n) is 3.59. The molecule has 1 aliphatic heterocycles. The van der Waals surface area contributed by atoms with Crippen molar-refractivity contribution in [1.29, 1.82) is 0 Å². The van der Waals surface area contributed by atoms with Crippen molar-refractivity contribution < 1.29 is 39.4 Å². The number of phenols is 3. The second-order valence-electron chi connectivity index (χ2n) is 7.44. The lowest BCUT2D eigenvalue weighted by molar-refractivity contribution is -0.0124. The average Bonchev–Trinajstić information content (AvgIpc) is 2.84. The summed E-state index contributed by atoms with van der Waals surface area (Å²) >= 11 is 0. The van der Waals surface area contributed by atoms with E-state index in [0.29, 0.717) is 22.6 Å². The van der Waals surface area contributed by atoms with E-state index in [1.807, 2.05) is 12.1 Å². The minimum atomic E-state index is -0.683. The van der Waals surface area contributed by atoms with Crippen molar-refractivity contribution in [1.82, 2.24) is 0 Å². The number of benzene rings is 3. The molecule has 3 aromatic carbocycles. The summed E-state index contributed by atoms with van der Waals surface area (Å²) in [5.41, 5.74) is 2.13. The number of aromatic hydroxyl groups is 3. The van der Waals surface area contributed by atoms with E-state index in [4.69, 9.17) is 18.9 Å². The average molecular weight is 452 g/mol. The Balaban J connectivity index is 1.64. The van der Waals surface area contributed by atoms with Gasteiger partial charge in [0.05, 0.1) is 20.8 Å². The van der Waals surface area contributed by atoms with Crippen molar-refractivity contribution in [2.75, 3.05) is 20.8 Å². The molecule has 0 radical (unpaired) electrons. The molecule has 0 aromatic heterocycles. The molecule has 0 spiro atoms. The van der Waals surface area contributed by atoms with E-state index in [1.54, 1.807) is 36.4 Å². The Labute approximate surface area is 190 Å². The van der Waals surface area contributed by atoms with Gasteiger partial charge in [0.25, 0.3) is 0 Å². The Morgan fingerprint density at radius 3 is 2.03 bits per heavy atom. The van der Waals surface area contributed by atoms with Gasteiger partial charge < -0.3 is 39.4 Å². The van der Waals surface area contributed by atoms with Crippen LogP contribution < -0.4 is 18.9 Å². The summed E-state index contributed by atoms with van der Waals surface area (Å²) in [5.74, 6) is 0.881. The van der Waals surface area contributed by atoms with Gasteiger partial charge in [-0.2, -0.15) is 0 Å².